The molecule has 3 aromatic rings. The van der Waals surface area contributed by atoms with Gasteiger partial charge < -0.3 is 14.5 Å². The normalized spacial score (nSPS) is 14.0. The molecule has 0 radical (unpaired) electrons. The Balaban J connectivity index is 1.56. The Morgan fingerprint density at radius 2 is 1.90 bits per heavy atom. The third kappa shape index (κ3) is 3.97. The van der Waals surface area contributed by atoms with Crippen LogP contribution in [0.2, 0.25) is 0 Å². The third-order valence-electron chi connectivity index (χ3n) is 5.37. The molecular formula is C22H26N2O4S. The van der Waals surface area contributed by atoms with E-state index in [0.717, 1.165) is 35.7 Å². The Hall–Kier alpha value is -2.51. The summed E-state index contributed by atoms with van der Waals surface area (Å²) in [6.07, 6.45) is 4.36. The van der Waals surface area contributed by atoms with Crippen molar-refractivity contribution in [3.63, 3.8) is 0 Å². The number of sulfonamides is 1. The van der Waals surface area contributed by atoms with Crippen LogP contribution in [0, 0.1) is 0 Å². The molecule has 0 fully saturated rings. The van der Waals surface area contributed by atoms with Crippen molar-refractivity contribution in [2.24, 2.45) is 0 Å². The molecule has 7 heteroatoms. The summed E-state index contributed by atoms with van der Waals surface area (Å²) in [6, 6.07) is 10.7. The van der Waals surface area contributed by atoms with Crippen molar-refractivity contribution in [1.82, 2.24) is 9.71 Å². The first-order valence-corrected chi connectivity index (χ1v) is 11.4. The number of benzene rings is 2. The van der Waals surface area contributed by atoms with Gasteiger partial charge in [0.15, 0.2) is 11.5 Å². The third-order valence-corrected chi connectivity index (χ3v) is 6.77. The van der Waals surface area contributed by atoms with Gasteiger partial charge in [-0.3, -0.25) is 0 Å². The fourth-order valence-electron chi connectivity index (χ4n) is 3.91. The van der Waals surface area contributed by atoms with E-state index in [0.29, 0.717) is 18.1 Å². The second kappa shape index (κ2) is 8.08. The van der Waals surface area contributed by atoms with Crippen molar-refractivity contribution in [3.05, 3.63) is 53.2 Å². The van der Waals surface area contributed by atoms with Gasteiger partial charge in [-0.15, -0.1) is 0 Å². The van der Waals surface area contributed by atoms with E-state index in [2.05, 4.69) is 9.71 Å². The predicted octanol–water partition coefficient (Wildman–Crippen LogP) is 3.93. The molecule has 0 saturated carbocycles. The lowest BCUT2D eigenvalue weighted by atomic mass is 9.96. The largest absolute Gasteiger partial charge is 0.493 e. The van der Waals surface area contributed by atoms with Crippen LogP contribution in [-0.4, -0.2) is 27.1 Å². The van der Waals surface area contributed by atoms with Crippen molar-refractivity contribution in [2.45, 2.75) is 44.0 Å². The molecule has 4 rings (SSSR count). The number of hydrogen-bond donors (Lipinski definition) is 2. The topological polar surface area (TPSA) is 80.4 Å². The highest BCUT2D eigenvalue weighted by atomic mass is 32.2. The minimum atomic E-state index is -3.63. The van der Waals surface area contributed by atoms with Gasteiger partial charge in [-0.1, -0.05) is 6.07 Å². The van der Waals surface area contributed by atoms with E-state index in [-0.39, 0.29) is 11.4 Å². The fourth-order valence-corrected chi connectivity index (χ4v) is 4.95. The zero-order valence-corrected chi connectivity index (χ0v) is 17.6. The Labute approximate surface area is 171 Å². The average Bonchev–Trinajstić information content (AvgIpc) is 3.11. The molecule has 0 amide bonds. The van der Waals surface area contributed by atoms with Gasteiger partial charge in [0.05, 0.1) is 18.6 Å². The van der Waals surface area contributed by atoms with E-state index < -0.39 is 10.0 Å². The van der Waals surface area contributed by atoms with Gasteiger partial charge in [0, 0.05) is 23.1 Å². The van der Waals surface area contributed by atoms with Crippen molar-refractivity contribution in [2.75, 3.05) is 13.7 Å². The monoisotopic (exact) mass is 414 g/mol. The van der Waals surface area contributed by atoms with Crippen LogP contribution in [0.25, 0.3) is 10.9 Å². The first-order valence-electron chi connectivity index (χ1n) is 9.94. The molecule has 0 saturated heterocycles. The Morgan fingerprint density at radius 1 is 1.07 bits per heavy atom. The number of fused-ring (bicyclic) bond motifs is 3. The van der Waals surface area contributed by atoms with Crippen LogP contribution in [0.5, 0.6) is 11.5 Å². The molecule has 0 spiro atoms. The van der Waals surface area contributed by atoms with Crippen LogP contribution in [0.1, 0.15) is 36.6 Å². The number of aromatic nitrogens is 1. The van der Waals surface area contributed by atoms with Crippen molar-refractivity contribution in [3.8, 4) is 11.5 Å². The summed E-state index contributed by atoms with van der Waals surface area (Å²) in [5.74, 6) is 1.23. The lowest BCUT2D eigenvalue weighted by Crippen LogP contribution is -2.23. The van der Waals surface area contributed by atoms with Crippen molar-refractivity contribution >= 4 is 20.9 Å². The highest BCUT2D eigenvalue weighted by Crippen LogP contribution is 2.31. The maximum absolute atomic E-state index is 12.9. The summed E-state index contributed by atoms with van der Waals surface area (Å²) in [4.78, 5) is 3.73. The molecule has 1 heterocycles. The minimum Gasteiger partial charge on any atom is -0.493 e. The standard InChI is InChI=1S/C22H26N2O4S/c1-3-28-21-11-8-15(12-22(21)27-2)14-23-29(25,26)16-9-10-20-18(13-16)17-6-4-5-7-19(17)24-20/h8-13,23-24H,3-7,14H2,1-2H3. The van der Waals surface area contributed by atoms with Gasteiger partial charge in [-0.2, -0.15) is 0 Å². The molecule has 0 atom stereocenters. The molecule has 0 unspecified atom stereocenters. The summed E-state index contributed by atoms with van der Waals surface area (Å²) in [6.45, 7) is 2.61. The molecule has 0 bridgehead atoms. The van der Waals surface area contributed by atoms with Crippen LogP contribution < -0.4 is 14.2 Å². The number of methoxy groups -OCH3 is 1. The Kier molecular flexibility index (Phi) is 5.52. The number of hydrogen-bond acceptors (Lipinski definition) is 4. The number of aryl methyl sites for hydroxylation is 2. The molecule has 0 aliphatic heterocycles. The number of ether oxygens (including phenoxy) is 2. The van der Waals surface area contributed by atoms with E-state index in [4.69, 9.17) is 9.47 Å². The lowest BCUT2D eigenvalue weighted by molar-refractivity contribution is 0.310. The Bertz CT molecular complexity index is 1140. The van der Waals surface area contributed by atoms with Gasteiger partial charge in [-0.25, -0.2) is 13.1 Å². The highest BCUT2D eigenvalue weighted by Gasteiger charge is 2.19. The molecular weight excluding hydrogens is 388 g/mol. The van der Waals surface area contributed by atoms with Crippen LogP contribution in [0.4, 0.5) is 0 Å². The highest BCUT2D eigenvalue weighted by molar-refractivity contribution is 7.89. The lowest BCUT2D eigenvalue weighted by Gasteiger charge is -2.12. The van der Waals surface area contributed by atoms with E-state index in [1.807, 2.05) is 19.1 Å². The second-order valence-corrected chi connectivity index (χ2v) is 9.01. The smallest absolute Gasteiger partial charge is 0.240 e. The first kappa shape index (κ1) is 19.8. The molecule has 6 nitrogen and oxygen atoms in total. The van der Waals surface area contributed by atoms with E-state index in [1.165, 1.54) is 17.7 Å². The summed E-state index contributed by atoms with van der Waals surface area (Å²) >= 11 is 0. The van der Waals surface area contributed by atoms with Gasteiger partial charge in [0.25, 0.3) is 0 Å². The van der Waals surface area contributed by atoms with Gasteiger partial charge >= 0.3 is 0 Å². The molecule has 1 aliphatic rings. The van der Waals surface area contributed by atoms with Gasteiger partial charge in [-0.05, 0) is 74.1 Å². The number of nitrogens with one attached hydrogen (secondary N) is 2. The fraction of sp³-hybridized carbons (Fsp3) is 0.364. The van der Waals surface area contributed by atoms with E-state index in [1.54, 1.807) is 31.4 Å². The number of aromatic amines is 1. The summed E-state index contributed by atoms with van der Waals surface area (Å²) in [5.41, 5.74) is 4.32. The summed E-state index contributed by atoms with van der Waals surface area (Å²) in [5, 5.41) is 1.02. The van der Waals surface area contributed by atoms with Crippen molar-refractivity contribution < 1.29 is 17.9 Å². The van der Waals surface area contributed by atoms with E-state index >= 15 is 0 Å². The van der Waals surface area contributed by atoms with Crippen LogP contribution in [-0.2, 0) is 29.4 Å². The molecule has 29 heavy (non-hydrogen) atoms. The van der Waals surface area contributed by atoms with E-state index in [9.17, 15) is 8.42 Å². The van der Waals surface area contributed by atoms with Gasteiger partial charge in [0.1, 0.15) is 0 Å². The maximum atomic E-state index is 12.9. The van der Waals surface area contributed by atoms with Crippen LogP contribution in [0.15, 0.2) is 41.3 Å². The predicted molar refractivity (Wildman–Crippen MR) is 113 cm³/mol. The quantitative estimate of drug-likeness (QED) is 0.614. The van der Waals surface area contributed by atoms with Crippen molar-refractivity contribution in [1.29, 1.82) is 0 Å². The zero-order valence-electron chi connectivity index (χ0n) is 16.7. The minimum absolute atomic E-state index is 0.175. The Morgan fingerprint density at radius 3 is 2.69 bits per heavy atom. The average molecular weight is 415 g/mol. The SMILES string of the molecule is CCOc1ccc(CNS(=O)(=O)c2ccc3[nH]c4c(c3c2)CCCC4)cc1OC. The molecule has 2 N–H and O–H groups in total. The first-order chi connectivity index (χ1) is 14.0. The van der Waals surface area contributed by atoms with Crippen LogP contribution in [0.3, 0.4) is 0 Å². The van der Waals surface area contributed by atoms with Crippen LogP contribution >= 0.6 is 0 Å². The number of rotatable bonds is 7. The maximum Gasteiger partial charge on any atom is 0.240 e. The molecule has 1 aromatic heterocycles. The summed E-state index contributed by atoms with van der Waals surface area (Å²) < 4.78 is 39.3. The number of H-pyrrole nitrogens is 1. The molecule has 1 aliphatic carbocycles. The summed E-state index contributed by atoms with van der Waals surface area (Å²) in [7, 11) is -2.06. The molecule has 154 valence electrons. The molecule has 2 aromatic carbocycles. The second-order valence-electron chi connectivity index (χ2n) is 7.24. The zero-order chi connectivity index (χ0) is 20.4. The van der Waals surface area contributed by atoms with Gasteiger partial charge in [0.2, 0.25) is 10.0 Å².